The highest BCUT2D eigenvalue weighted by Crippen LogP contribution is 2.28. The molecule has 0 fully saturated rings. The van der Waals surface area contributed by atoms with Gasteiger partial charge in [0.15, 0.2) is 10.9 Å². The van der Waals surface area contributed by atoms with E-state index in [1.54, 1.807) is 30.5 Å². The van der Waals surface area contributed by atoms with Gasteiger partial charge in [0.05, 0.1) is 5.69 Å². The number of rotatable bonds is 2. The van der Waals surface area contributed by atoms with Crippen LogP contribution in [0, 0.1) is 0 Å². The van der Waals surface area contributed by atoms with Crippen LogP contribution in [0.15, 0.2) is 40.3 Å². The molecule has 0 radical (unpaired) electrons. The minimum atomic E-state index is -4.65. The first-order chi connectivity index (χ1) is 9.32. The molecule has 0 aliphatic heterocycles. The Morgan fingerprint density at radius 3 is 2.35 bits per heavy atom. The molecule has 1 aromatic heterocycles. The molecule has 0 spiro atoms. The minimum absolute atomic E-state index is 0.0350. The lowest BCUT2D eigenvalue weighted by Crippen LogP contribution is -2.24. The molecule has 0 bridgehead atoms. The van der Waals surface area contributed by atoms with Crippen LogP contribution < -0.4 is 5.56 Å². The highest BCUT2D eigenvalue weighted by molar-refractivity contribution is 7.98. The van der Waals surface area contributed by atoms with E-state index in [4.69, 9.17) is 11.6 Å². The number of alkyl halides is 3. The molecular formula is C12H8ClF3N2OS. The molecule has 2 rings (SSSR count). The molecule has 0 saturated carbocycles. The predicted octanol–water partition coefficient (Wildman–Crippen LogP) is 3.63. The largest absolute Gasteiger partial charge is 0.433 e. The Labute approximate surface area is 121 Å². The van der Waals surface area contributed by atoms with E-state index >= 15 is 0 Å². The van der Waals surface area contributed by atoms with Crippen LogP contribution >= 0.6 is 23.4 Å². The summed E-state index contributed by atoms with van der Waals surface area (Å²) in [7, 11) is 0. The van der Waals surface area contributed by atoms with Crippen LogP contribution in [0.4, 0.5) is 13.2 Å². The number of aromatic nitrogens is 2. The van der Waals surface area contributed by atoms with Gasteiger partial charge in [0.2, 0.25) is 0 Å². The third-order valence-electron chi connectivity index (χ3n) is 2.45. The van der Waals surface area contributed by atoms with Crippen LogP contribution in [0.3, 0.4) is 0 Å². The van der Waals surface area contributed by atoms with E-state index in [-0.39, 0.29) is 5.16 Å². The fourth-order valence-electron chi connectivity index (χ4n) is 1.57. The standard InChI is InChI=1S/C12H8ClF3N2OS/c1-20-11-17-9(12(14,15)16)6-10(19)18(11)8-4-2-7(13)3-5-8/h2-6H,1H3. The highest BCUT2D eigenvalue weighted by atomic mass is 35.5. The molecular weight excluding hydrogens is 313 g/mol. The van der Waals surface area contributed by atoms with Gasteiger partial charge >= 0.3 is 6.18 Å². The minimum Gasteiger partial charge on any atom is -0.269 e. The Bertz CT molecular complexity index is 683. The Balaban J connectivity index is 2.65. The van der Waals surface area contributed by atoms with Crippen molar-refractivity contribution in [3.63, 3.8) is 0 Å². The van der Waals surface area contributed by atoms with Crippen molar-refractivity contribution < 1.29 is 13.2 Å². The number of hydrogen-bond acceptors (Lipinski definition) is 3. The molecule has 0 unspecified atom stereocenters. The SMILES string of the molecule is CSc1nc(C(F)(F)F)cc(=O)n1-c1ccc(Cl)cc1. The van der Waals surface area contributed by atoms with E-state index in [2.05, 4.69) is 4.98 Å². The van der Waals surface area contributed by atoms with Crippen molar-refractivity contribution >= 4 is 23.4 Å². The fraction of sp³-hybridized carbons (Fsp3) is 0.167. The number of benzene rings is 1. The van der Waals surface area contributed by atoms with Gasteiger partial charge in [0.1, 0.15) is 0 Å². The first kappa shape index (κ1) is 14.9. The average molecular weight is 321 g/mol. The molecule has 106 valence electrons. The van der Waals surface area contributed by atoms with E-state index < -0.39 is 17.4 Å². The monoisotopic (exact) mass is 320 g/mol. The molecule has 8 heteroatoms. The summed E-state index contributed by atoms with van der Waals surface area (Å²) in [6.45, 7) is 0. The highest BCUT2D eigenvalue weighted by Gasteiger charge is 2.34. The molecule has 0 amide bonds. The van der Waals surface area contributed by atoms with Crippen molar-refractivity contribution in [1.82, 2.24) is 9.55 Å². The maximum absolute atomic E-state index is 12.6. The lowest BCUT2D eigenvalue weighted by molar-refractivity contribution is -0.141. The second-order valence-corrected chi connectivity index (χ2v) is 4.99. The summed E-state index contributed by atoms with van der Waals surface area (Å²) in [6, 6.07) is 6.65. The van der Waals surface area contributed by atoms with E-state index in [1.165, 1.54) is 0 Å². The van der Waals surface area contributed by atoms with E-state index in [1.807, 2.05) is 0 Å². The van der Waals surface area contributed by atoms with Gasteiger partial charge in [-0.3, -0.25) is 9.36 Å². The molecule has 0 aliphatic carbocycles. The molecule has 0 aliphatic rings. The predicted molar refractivity (Wildman–Crippen MR) is 71.6 cm³/mol. The van der Waals surface area contributed by atoms with Crippen LogP contribution in [0.2, 0.25) is 5.02 Å². The molecule has 0 atom stereocenters. The zero-order chi connectivity index (χ0) is 14.9. The molecule has 1 heterocycles. The van der Waals surface area contributed by atoms with Gasteiger partial charge in [-0.25, -0.2) is 4.98 Å². The molecule has 3 nitrogen and oxygen atoms in total. The van der Waals surface area contributed by atoms with Gasteiger partial charge in [-0.05, 0) is 30.5 Å². The van der Waals surface area contributed by atoms with Crippen LogP contribution in [0.5, 0.6) is 0 Å². The van der Waals surface area contributed by atoms with Crippen LogP contribution in [0.1, 0.15) is 5.69 Å². The summed E-state index contributed by atoms with van der Waals surface area (Å²) in [5, 5.41) is 0.430. The summed E-state index contributed by atoms with van der Waals surface area (Å²) in [4.78, 5) is 15.4. The summed E-state index contributed by atoms with van der Waals surface area (Å²) in [6.07, 6.45) is -3.10. The van der Waals surface area contributed by atoms with Gasteiger partial charge in [-0.2, -0.15) is 13.2 Å². The van der Waals surface area contributed by atoms with Crippen LogP contribution in [-0.4, -0.2) is 15.8 Å². The third-order valence-corrected chi connectivity index (χ3v) is 3.34. The lowest BCUT2D eigenvalue weighted by atomic mass is 10.3. The van der Waals surface area contributed by atoms with Crippen molar-refractivity contribution in [3.8, 4) is 5.69 Å². The fourth-order valence-corrected chi connectivity index (χ4v) is 2.26. The zero-order valence-corrected chi connectivity index (χ0v) is 11.7. The average Bonchev–Trinajstić information content (AvgIpc) is 2.38. The van der Waals surface area contributed by atoms with Crippen molar-refractivity contribution in [1.29, 1.82) is 0 Å². The second kappa shape index (κ2) is 5.49. The quantitative estimate of drug-likeness (QED) is 0.626. The summed E-state index contributed by atoms with van der Waals surface area (Å²) in [5.74, 6) is 0. The smallest absolute Gasteiger partial charge is 0.269 e. The zero-order valence-electron chi connectivity index (χ0n) is 10.1. The third kappa shape index (κ3) is 2.99. The van der Waals surface area contributed by atoms with Crippen molar-refractivity contribution in [2.24, 2.45) is 0 Å². The van der Waals surface area contributed by atoms with Crippen molar-refractivity contribution in [2.75, 3.05) is 6.26 Å². The summed E-state index contributed by atoms with van der Waals surface area (Å²) in [5.41, 5.74) is -1.58. The van der Waals surface area contributed by atoms with Gasteiger partial charge in [0, 0.05) is 11.1 Å². The van der Waals surface area contributed by atoms with E-state index in [0.717, 1.165) is 16.3 Å². The lowest BCUT2D eigenvalue weighted by Gasteiger charge is -2.13. The Morgan fingerprint density at radius 2 is 1.85 bits per heavy atom. The van der Waals surface area contributed by atoms with Crippen molar-refractivity contribution in [2.45, 2.75) is 11.3 Å². The number of hydrogen-bond donors (Lipinski definition) is 0. The molecule has 2 aromatic rings. The number of nitrogens with zero attached hydrogens (tertiary/aromatic N) is 2. The number of thioether (sulfide) groups is 1. The number of halogens is 4. The van der Waals surface area contributed by atoms with Gasteiger partial charge < -0.3 is 0 Å². The van der Waals surface area contributed by atoms with E-state index in [9.17, 15) is 18.0 Å². The Hall–Kier alpha value is -1.47. The van der Waals surface area contributed by atoms with Gasteiger partial charge in [0.25, 0.3) is 5.56 Å². The second-order valence-electron chi connectivity index (χ2n) is 3.78. The summed E-state index contributed by atoms with van der Waals surface area (Å²) < 4.78 is 39.0. The maximum Gasteiger partial charge on any atom is 0.433 e. The molecule has 0 N–H and O–H groups in total. The molecule has 0 saturated heterocycles. The van der Waals surface area contributed by atoms with Gasteiger partial charge in [-0.15, -0.1) is 0 Å². The molecule has 1 aromatic carbocycles. The van der Waals surface area contributed by atoms with Gasteiger partial charge in [-0.1, -0.05) is 23.4 Å². The maximum atomic E-state index is 12.6. The first-order valence-electron chi connectivity index (χ1n) is 5.34. The van der Waals surface area contributed by atoms with Crippen LogP contribution in [-0.2, 0) is 6.18 Å². The van der Waals surface area contributed by atoms with Crippen LogP contribution in [0.25, 0.3) is 5.69 Å². The Kier molecular flexibility index (Phi) is 4.10. The summed E-state index contributed by atoms with van der Waals surface area (Å²) >= 11 is 6.70. The Morgan fingerprint density at radius 1 is 1.25 bits per heavy atom. The normalized spacial score (nSPS) is 11.7. The first-order valence-corrected chi connectivity index (χ1v) is 6.94. The van der Waals surface area contributed by atoms with E-state index in [0.29, 0.717) is 16.8 Å². The topological polar surface area (TPSA) is 34.9 Å². The molecule has 20 heavy (non-hydrogen) atoms. The van der Waals surface area contributed by atoms with Crippen molar-refractivity contribution in [3.05, 3.63) is 51.4 Å².